The number of nitrogens with zero attached hydrogens (tertiary/aromatic N) is 3. The normalized spacial score (nSPS) is 14.4. The van der Waals surface area contributed by atoms with Gasteiger partial charge in [-0.1, -0.05) is 0 Å². The molecule has 0 bridgehead atoms. The average molecular weight is 430 g/mol. The monoisotopic (exact) mass is 430 g/mol. The summed E-state index contributed by atoms with van der Waals surface area (Å²) in [5, 5.41) is 13.1. The lowest BCUT2D eigenvalue weighted by Crippen LogP contribution is -2.38. The first-order chi connectivity index (χ1) is 15.6. The molecule has 0 spiro atoms. The van der Waals surface area contributed by atoms with E-state index in [1.807, 2.05) is 4.90 Å². The van der Waals surface area contributed by atoms with Crippen LogP contribution in [0.2, 0.25) is 0 Å². The van der Waals surface area contributed by atoms with Gasteiger partial charge in [0.15, 0.2) is 5.76 Å². The molecule has 1 aliphatic rings. The number of nitriles is 1. The molecule has 4 aromatic rings. The minimum Gasteiger partial charge on any atom is -0.459 e. The Labute approximate surface area is 181 Å². The molecule has 4 heterocycles. The molecule has 0 atom stereocenters. The molecule has 0 radical (unpaired) electrons. The minimum absolute atomic E-state index is 0.0734. The summed E-state index contributed by atoms with van der Waals surface area (Å²) in [6.07, 6.45) is 2.73. The zero-order valence-electron chi connectivity index (χ0n) is 16.9. The smallest absolute Gasteiger partial charge is 0.336 e. The van der Waals surface area contributed by atoms with E-state index in [1.165, 1.54) is 12.3 Å². The largest absolute Gasteiger partial charge is 0.459 e. The standard InChI is InChI=1S/C23H18N4O5/c24-13-17-23(32-22(26-17)19-2-1-11-30-19)27-9-7-14(8-10-27)21(29)25-16-4-5-18-15(12-16)3-6-20(28)31-18/h1-6,11-12,14H,7-10H2,(H,25,29). The lowest BCUT2D eigenvalue weighted by atomic mass is 9.95. The molecule has 1 fully saturated rings. The summed E-state index contributed by atoms with van der Waals surface area (Å²) in [7, 11) is 0. The van der Waals surface area contributed by atoms with Crippen molar-refractivity contribution in [2.24, 2.45) is 5.92 Å². The van der Waals surface area contributed by atoms with E-state index in [-0.39, 0.29) is 23.4 Å². The number of fused-ring (bicyclic) bond motifs is 1. The Kier molecular flexibility index (Phi) is 4.95. The van der Waals surface area contributed by atoms with Crippen molar-refractivity contribution in [3.63, 3.8) is 0 Å². The van der Waals surface area contributed by atoms with Crippen molar-refractivity contribution in [1.29, 1.82) is 5.26 Å². The van der Waals surface area contributed by atoms with Crippen molar-refractivity contribution in [2.45, 2.75) is 12.8 Å². The summed E-state index contributed by atoms with van der Waals surface area (Å²) in [5.41, 5.74) is 0.896. The van der Waals surface area contributed by atoms with Crippen LogP contribution in [-0.4, -0.2) is 24.0 Å². The number of rotatable bonds is 4. The van der Waals surface area contributed by atoms with Crippen LogP contribution in [0.3, 0.4) is 0 Å². The van der Waals surface area contributed by atoms with E-state index < -0.39 is 5.63 Å². The second-order valence-electron chi connectivity index (χ2n) is 7.52. The number of furan rings is 1. The SMILES string of the molecule is N#Cc1nc(-c2ccco2)oc1N1CCC(C(=O)Nc2ccc3oc(=O)ccc3c2)CC1. The van der Waals surface area contributed by atoms with Crippen molar-refractivity contribution in [3.8, 4) is 17.7 Å². The number of anilines is 2. The zero-order chi connectivity index (χ0) is 22.1. The third kappa shape index (κ3) is 3.74. The molecule has 0 saturated carbocycles. The maximum absolute atomic E-state index is 12.8. The molecule has 0 aliphatic carbocycles. The van der Waals surface area contributed by atoms with Crippen molar-refractivity contribution in [3.05, 3.63) is 64.8 Å². The van der Waals surface area contributed by atoms with Gasteiger partial charge in [-0.2, -0.15) is 10.2 Å². The molecule has 1 aliphatic heterocycles. The fourth-order valence-corrected chi connectivity index (χ4v) is 3.84. The lowest BCUT2D eigenvalue weighted by Gasteiger charge is -2.30. The number of benzene rings is 1. The summed E-state index contributed by atoms with van der Waals surface area (Å²) < 4.78 is 16.2. The fourth-order valence-electron chi connectivity index (χ4n) is 3.84. The van der Waals surface area contributed by atoms with Crippen molar-refractivity contribution in [1.82, 2.24) is 4.98 Å². The predicted octanol–water partition coefficient (Wildman–Crippen LogP) is 3.77. The van der Waals surface area contributed by atoms with Gasteiger partial charge in [0.25, 0.3) is 5.89 Å². The molecular formula is C23H18N4O5. The predicted molar refractivity (Wildman–Crippen MR) is 115 cm³/mol. The van der Waals surface area contributed by atoms with Crippen LogP contribution in [0, 0.1) is 17.2 Å². The first-order valence-corrected chi connectivity index (χ1v) is 10.2. The van der Waals surface area contributed by atoms with E-state index in [1.54, 1.807) is 36.4 Å². The molecule has 32 heavy (non-hydrogen) atoms. The third-order valence-corrected chi connectivity index (χ3v) is 5.49. The number of amides is 1. The Morgan fingerprint density at radius 1 is 1.16 bits per heavy atom. The quantitative estimate of drug-likeness (QED) is 0.485. The number of hydrogen-bond acceptors (Lipinski definition) is 8. The van der Waals surface area contributed by atoms with Gasteiger partial charge in [-0.15, -0.1) is 0 Å². The third-order valence-electron chi connectivity index (χ3n) is 5.49. The van der Waals surface area contributed by atoms with Crippen LogP contribution in [0.15, 0.2) is 66.8 Å². The fraction of sp³-hybridized carbons (Fsp3) is 0.217. The molecule has 9 nitrogen and oxygen atoms in total. The molecule has 1 aromatic carbocycles. The van der Waals surface area contributed by atoms with Crippen LogP contribution in [0.5, 0.6) is 0 Å². The molecule has 5 rings (SSSR count). The van der Waals surface area contributed by atoms with Gasteiger partial charge in [0.05, 0.1) is 6.26 Å². The lowest BCUT2D eigenvalue weighted by molar-refractivity contribution is -0.120. The van der Waals surface area contributed by atoms with Gasteiger partial charge in [0, 0.05) is 36.1 Å². The summed E-state index contributed by atoms with van der Waals surface area (Å²) in [4.78, 5) is 30.2. The van der Waals surface area contributed by atoms with Gasteiger partial charge in [-0.25, -0.2) is 4.79 Å². The zero-order valence-corrected chi connectivity index (χ0v) is 16.9. The Hall–Kier alpha value is -4.32. The Balaban J connectivity index is 1.25. The van der Waals surface area contributed by atoms with Gasteiger partial charge in [-0.3, -0.25) is 4.79 Å². The van der Waals surface area contributed by atoms with Crippen LogP contribution in [0.1, 0.15) is 18.5 Å². The number of carbonyl (C=O) groups excluding carboxylic acids is 1. The molecule has 160 valence electrons. The number of piperidine rings is 1. The average Bonchev–Trinajstić information content (AvgIpc) is 3.49. The van der Waals surface area contributed by atoms with E-state index in [9.17, 15) is 14.9 Å². The number of hydrogen-bond donors (Lipinski definition) is 1. The van der Waals surface area contributed by atoms with Crippen molar-refractivity contribution in [2.75, 3.05) is 23.3 Å². The highest BCUT2D eigenvalue weighted by molar-refractivity contribution is 5.94. The molecule has 3 aromatic heterocycles. The molecule has 1 N–H and O–H groups in total. The van der Waals surface area contributed by atoms with E-state index in [0.717, 1.165) is 5.39 Å². The summed E-state index contributed by atoms with van der Waals surface area (Å²) in [5.74, 6) is 0.864. The minimum atomic E-state index is -0.413. The number of carbonyl (C=O) groups is 1. The second kappa shape index (κ2) is 8.07. The van der Waals surface area contributed by atoms with E-state index >= 15 is 0 Å². The summed E-state index contributed by atoms with van der Waals surface area (Å²) >= 11 is 0. The number of oxazole rings is 1. The van der Waals surface area contributed by atoms with Crippen LogP contribution < -0.4 is 15.8 Å². The maximum Gasteiger partial charge on any atom is 0.336 e. The molecule has 1 saturated heterocycles. The first kappa shape index (κ1) is 19.6. The van der Waals surface area contributed by atoms with Crippen LogP contribution in [-0.2, 0) is 4.79 Å². The van der Waals surface area contributed by atoms with E-state index in [4.69, 9.17) is 13.3 Å². The summed E-state index contributed by atoms with van der Waals surface area (Å²) in [6.45, 7) is 1.12. The molecule has 0 unspecified atom stereocenters. The van der Waals surface area contributed by atoms with Crippen molar-refractivity contribution < 1.29 is 18.0 Å². The highest BCUT2D eigenvalue weighted by atomic mass is 16.4. The maximum atomic E-state index is 12.8. The van der Waals surface area contributed by atoms with Crippen LogP contribution in [0.25, 0.3) is 22.6 Å². The molecule has 9 heteroatoms. The van der Waals surface area contributed by atoms with Crippen molar-refractivity contribution >= 4 is 28.4 Å². The second-order valence-corrected chi connectivity index (χ2v) is 7.52. The number of aromatic nitrogens is 1. The van der Waals surface area contributed by atoms with Gasteiger partial charge in [0.1, 0.15) is 11.7 Å². The van der Waals surface area contributed by atoms with Crippen LogP contribution in [0.4, 0.5) is 11.6 Å². The topological polar surface area (TPSA) is 126 Å². The number of nitrogens with one attached hydrogen (secondary N) is 1. The van der Waals surface area contributed by atoms with Crippen LogP contribution >= 0.6 is 0 Å². The first-order valence-electron chi connectivity index (χ1n) is 10.2. The van der Waals surface area contributed by atoms with E-state index in [2.05, 4.69) is 16.4 Å². The Bertz CT molecular complexity index is 1370. The van der Waals surface area contributed by atoms with E-state index in [0.29, 0.717) is 48.8 Å². The molecule has 1 amide bonds. The highest BCUT2D eigenvalue weighted by Gasteiger charge is 2.29. The Morgan fingerprint density at radius 3 is 2.75 bits per heavy atom. The highest BCUT2D eigenvalue weighted by Crippen LogP contribution is 2.31. The van der Waals surface area contributed by atoms with Gasteiger partial charge >= 0.3 is 5.63 Å². The Morgan fingerprint density at radius 2 is 2.00 bits per heavy atom. The summed E-state index contributed by atoms with van der Waals surface area (Å²) in [6, 6.07) is 13.7. The van der Waals surface area contributed by atoms with Gasteiger partial charge in [-0.05, 0) is 49.2 Å². The van der Waals surface area contributed by atoms with Gasteiger partial charge < -0.3 is 23.5 Å². The van der Waals surface area contributed by atoms with Gasteiger partial charge in [0.2, 0.25) is 17.5 Å². The molecular weight excluding hydrogens is 412 g/mol.